The Morgan fingerprint density at radius 2 is 2.12 bits per heavy atom. The Hall–Kier alpha value is -1.77. The molecule has 0 radical (unpaired) electrons. The van der Waals surface area contributed by atoms with Crippen molar-refractivity contribution in [1.29, 1.82) is 5.26 Å². The lowest BCUT2D eigenvalue weighted by atomic mass is 10.2. The molecule has 1 fully saturated rings. The van der Waals surface area contributed by atoms with Crippen molar-refractivity contribution in [3.05, 3.63) is 23.5 Å². The van der Waals surface area contributed by atoms with Crippen molar-refractivity contribution in [2.45, 2.75) is 25.1 Å². The number of alkyl halides is 3. The lowest BCUT2D eigenvalue weighted by Crippen LogP contribution is -2.12. The number of aromatic nitrogens is 1. The van der Waals surface area contributed by atoms with Gasteiger partial charge in [-0.2, -0.15) is 18.4 Å². The van der Waals surface area contributed by atoms with Crippen molar-refractivity contribution in [2.75, 3.05) is 0 Å². The Morgan fingerprint density at radius 1 is 1.44 bits per heavy atom. The van der Waals surface area contributed by atoms with Gasteiger partial charge in [0.05, 0.1) is 6.10 Å². The van der Waals surface area contributed by atoms with E-state index in [1.165, 1.54) is 12.1 Å². The summed E-state index contributed by atoms with van der Waals surface area (Å²) in [5.41, 5.74) is -1.73. The minimum absolute atomic E-state index is 0.0349. The molecule has 1 aromatic heterocycles. The summed E-state index contributed by atoms with van der Waals surface area (Å²) < 4.78 is 42.7. The molecule has 1 saturated carbocycles. The maximum Gasteiger partial charge on any atom is 0.434 e. The van der Waals surface area contributed by atoms with Crippen molar-refractivity contribution in [3.63, 3.8) is 0 Å². The van der Waals surface area contributed by atoms with Gasteiger partial charge in [-0.25, -0.2) is 0 Å². The van der Waals surface area contributed by atoms with Gasteiger partial charge in [0.1, 0.15) is 17.4 Å². The Bertz CT molecular complexity index is 446. The van der Waals surface area contributed by atoms with Crippen LogP contribution in [0.15, 0.2) is 12.3 Å². The van der Waals surface area contributed by atoms with Gasteiger partial charge in [0.2, 0.25) is 0 Å². The van der Waals surface area contributed by atoms with E-state index in [-0.39, 0.29) is 11.9 Å². The second-order valence-corrected chi connectivity index (χ2v) is 3.46. The smallest absolute Gasteiger partial charge is 0.434 e. The summed E-state index contributed by atoms with van der Waals surface area (Å²) in [5, 5.41) is 8.73. The zero-order valence-corrected chi connectivity index (χ0v) is 8.08. The molecule has 0 aromatic carbocycles. The fourth-order valence-corrected chi connectivity index (χ4v) is 1.23. The quantitative estimate of drug-likeness (QED) is 0.781. The molecule has 0 N–H and O–H groups in total. The van der Waals surface area contributed by atoms with Crippen LogP contribution in [0.4, 0.5) is 13.2 Å². The van der Waals surface area contributed by atoms with Crippen molar-refractivity contribution in [2.24, 2.45) is 0 Å². The molecular weight excluding hydrogens is 221 g/mol. The number of nitrogens with zero attached hydrogens (tertiary/aromatic N) is 2. The predicted molar refractivity (Wildman–Crippen MR) is 47.6 cm³/mol. The summed E-state index contributed by atoms with van der Waals surface area (Å²) in [6.07, 6.45) is -2.06. The molecule has 84 valence electrons. The summed E-state index contributed by atoms with van der Waals surface area (Å²) in [5.74, 6) is -0.0349. The number of hydrogen-bond acceptors (Lipinski definition) is 3. The van der Waals surface area contributed by atoms with Crippen LogP contribution in [0.3, 0.4) is 0 Å². The highest BCUT2D eigenvalue weighted by Crippen LogP contribution is 2.35. The lowest BCUT2D eigenvalue weighted by molar-refractivity contribution is -0.141. The number of rotatable bonds is 2. The average Bonchev–Trinajstić information content (AvgIpc) is 3.00. The van der Waals surface area contributed by atoms with Gasteiger partial charge in [-0.1, -0.05) is 0 Å². The third kappa shape index (κ3) is 2.08. The molecule has 2 rings (SSSR count). The Balaban J connectivity index is 2.42. The van der Waals surface area contributed by atoms with Crippen LogP contribution < -0.4 is 4.74 Å². The van der Waals surface area contributed by atoms with E-state index in [0.717, 1.165) is 19.0 Å². The van der Waals surface area contributed by atoms with Crippen molar-refractivity contribution in [3.8, 4) is 11.8 Å². The zero-order valence-electron chi connectivity index (χ0n) is 8.08. The summed E-state index contributed by atoms with van der Waals surface area (Å²) in [4.78, 5) is 3.18. The lowest BCUT2D eigenvalue weighted by Gasteiger charge is -2.11. The van der Waals surface area contributed by atoms with E-state index in [2.05, 4.69) is 4.98 Å². The number of ether oxygens (including phenoxy) is 1. The third-order valence-electron chi connectivity index (χ3n) is 2.11. The average molecular weight is 228 g/mol. The van der Waals surface area contributed by atoms with Gasteiger partial charge in [0, 0.05) is 6.20 Å². The molecule has 0 unspecified atom stereocenters. The second-order valence-electron chi connectivity index (χ2n) is 3.46. The Morgan fingerprint density at radius 3 is 2.62 bits per heavy atom. The van der Waals surface area contributed by atoms with E-state index < -0.39 is 17.4 Å². The SMILES string of the molecule is N#Cc1c(OC2CC2)ccnc1C(F)(F)F. The minimum atomic E-state index is -4.63. The first-order valence-electron chi connectivity index (χ1n) is 4.65. The zero-order chi connectivity index (χ0) is 11.8. The Labute approximate surface area is 89.5 Å². The largest absolute Gasteiger partial charge is 0.489 e. The number of pyridine rings is 1. The molecule has 6 heteroatoms. The molecule has 1 heterocycles. The van der Waals surface area contributed by atoms with Crippen LogP contribution in [-0.2, 0) is 6.18 Å². The molecule has 0 amide bonds. The predicted octanol–water partition coefficient (Wildman–Crippen LogP) is 2.51. The summed E-state index contributed by atoms with van der Waals surface area (Å²) in [6.45, 7) is 0. The van der Waals surface area contributed by atoms with E-state index >= 15 is 0 Å². The number of hydrogen-bond donors (Lipinski definition) is 0. The van der Waals surface area contributed by atoms with Crippen LogP contribution in [0.2, 0.25) is 0 Å². The highest BCUT2D eigenvalue weighted by molar-refractivity contribution is 5.46. The summed E-state index contributed by atoms with van der Waals surface area (Å²) in [6, 6.07) is 2.78. The topological polar surface area (TPSA) is 45.9 Å². The highest BCUT2D eigenvalue weighted by atomic mass is 19.4. The van der Waals surface area contributed by atoms with Gasteiger partial charge in [-0.3, -0.25) is 4.98 Å². The summed E-state index contributed by atoms with van der Waals surface area (Å²) in [7, 11) is 0. The fraction of sp³-hybridized carbons (Fsp3) is 0.400. The van der Waals surface area contributed by atoms with Crippen molar-refractivity contribution in [1.82, 2.24) is 4.98 Å². The molecular formula is C10H7F3N2O. The van der Waals surface area contributed by atoms with Gasteiger partial charge in [0.25, 0.3) is 0 Å². The Kier molecular flexibility index (Phi) is 2.46. The van der Waals surface area contributed by atoms with Crippen LogP contribution >= 0.6 is 0 Å². The molecule has 16 heavy (non-hydrogen) atoms. The minimum Gasteiger partial charge on any atom is -0.489 e. The second kappa shape index (κ2) is 3.67. The van der Waals surface area contributed by atoms with Gasteiger partial charge in [-0.05, 0) is 18.9 Å². The van der Waals surface area contributed by atoms with Crippen LogP contribution in [0.25, 0.3) is 0 Å². The van der Waals surface area contributed by atoms with Crippen molar-refractivity contribution < 1.29 is 17.9 Å². The monoisotopic (exact) mass is 228 g/mol. The van der Waals surface area contributed by atoms with Gasteiger partial charge in [-0.15, -0.1) is 0 Å². The van der Waals surface area contributed by atoms with Gasteiger partial charge in [0.15, 0.2) is 5.69 Å². The molecule has 1 aromatic rings. The normalized spacial score (nSPS) is 15.6. The molecule has 0 aliphatic heterocycles. The van der Waals surface area contributed by atoms with E-state index in [1.54, 1.807) is 0 Å². The fourth-order valence-electron chi connectivity index (χ4n) is 1.23. The van der Waals surface area contributed by atoms with Crippen LogP contribution in [-0.4, -0.2) is 11.1 Å². The molecule has 3 nitrogen and oxygen atoms in total. The summed E-state index contributed by atoms with van der Waals surface area (Å²) >= 11 is 0. The third-order valence-corrected chi connectivity index (χ3v) is 2.11. The van der Waals surface area contributed by atoms with E-state index in [1.807, 2.05) is 0 Å². The van der Waals surface area contributed by atoms with Crippen LogP contribution in [0, 0.1) is 11.3 Å². The maximum absolute atomic E-state index is 12.5. The van der Waals surface area contributed by atoms with Crippen molar-refractivity contribution >= 4 is 0 Å². The molecule has 1 aliphatic carbocycles. The molecule has 0 saturated heterocycles. The standard InChI is InChI=1S/C10H7F3N2O/c11-10(12,13)9-7(5-14)8(3-4-15-9)16-6-1-2-6/h3-4,6H,1-2H2. The maximum atomic E-state index is 12.5. The number of nitriles is 1. The van der Waals surface area contributed by atoms with Crippen LogP contribution in [0.5, 0.6) is 5.75 Å². The molecule has 0 spiro atoms. The highest BCUT2D eigenvalue weighted by Gasteiger charge is 2.37. The van der Waals surface area contributed by atoms with E-state index in [0.29, 0.717) is 0 Å². The first-order valence-corrected chi connectivity index (χ1v) is 4.65. The van der Waals surface area contributed by atoms with Crippen LogP contribution in [0.1, 0.15) is 24.1 Å². The van der Waals surface area contributed by atoms with Gasteiger partial charge < -0.3 is 4.74 Å². The first-order chi connectivity index (χ1) is 7.52. The molecule has 0 atom stereocenters. The van der Waals surface area contributed by atoms with E-state index in [4.69, 9.17) is 10.00 Å². The molecule has 0 bridgehead atoms. The van der Waals surface area contributed by atoms with E-state index in [9.17, 15) is 13.2 Å². The first kappa shape index (κ1) is 10.7. The number of halogens is 3. The van der Waals surface area contributed by atoms with Gasteiger partial charge >= 0.3 is 6.18 Å². The molecule has 1 aliphatic rings.